The van der Waals surface area contributed by atoms with Crippen molar-refractivity contribution in [3.8, 4) is 23.3 Å². The van der Waals surface area contributed by atoms with Gasteiger partial charge in [0.1, 0.15) is 12.2 Å². The van der Waals surface area contributed by atoms with Crippen LogP contribution in [0.5, 0.6) is 11.5 Å². The van der Waals surface area contributed by atoms with Gasteiger partial charge in [0.15, 0.2) is 11.5 Å². The number of nitrogens with one attached hydrogen (secondary N) is 1. The van der Waals surface area contributed by atoms with Crippen molar-refractivity contribution in [1.82, 2.24) is 4.72 Å². The molecule has 0 spiro atoms. The van der Waals surface area contributed by atoms with Gasteiger partial charge in [-0.1, -0.05) is 24.0 Å². The summed E-state index contributed by atoms with van der Waals surface area (Å²) in [4.78, 5) is 0. The molecule has 1 aliphatic heterocycles. The lowest BCUT2D eigenvalue weighted by atomic mass is 10.0. The minimum Gasteiger partial charge on any atom is -0.483 e. The zero-order valence-electron chi connectivity index (χ0n) is 12.4. The highest BCUT2D eigenvalue weighted by molar-refractivity contribution is 7.88. The van der Waals surface area contributed by atoms with Gasteiger partial charge >= 0.3 is 0 Å². The Morgan fingerprint density at radius 3 is 2.86 bits per heavy atom. The molecule has 0 unspecified atom stereocenters. The van der Waals surface area contributed by atoms with E-state index in [0.717, 1.165) is 24.0 Å². The quantitative estimate of drug-likeness (QED) is 0.852. The smallest absolute Gasteiger partial charge is 0.209 e. The fraction of sp³-hybridized carbons (Fsp3) is 0.467. The summed E-state index contributed by atoms with van der Waals surface area (Å²) in [6.45, 7) is 4.34. The number of ether oxygens (including phenoxy) is 2. The largest absolute Gasteiger partial charge is 0.483 e. The minimum atomic E-state index is -3.20. The average molecular weight is 309 g/mol. The predicted molar refractivity (Wildman–Crippen MR) is 81.0 cm³/mol. The second-order valence-corrected chi connectivity index (χ2v) is 7.35. The van der Waals surface area contributed by atoms with Crippen LogP contribution >= 0.6 is 0 Å². The highest BCUT2D eigenvalue weighted by atomic mass is 32.2. The predicted octanol–water partition coefficient (Wildman–Crippen LogP) is 1.33. The van der Waals surface area contributed by atoms with Crippen molar-refractivity contribution >= 4 is 10.0 Å². The van der Waals surface area contributed by atoms with Crippen LogP contribution < -0.4 is 14.2 Å². The molecule has 0 fully saturated rings. The van der Waals surface area contributed by atoms with E-state index in [-0.39, 0.29) is 18.8 Å². The van der Waals surface area contributed by atoms with E-state index >= 15 is 0 Å². The molecule has 2 rings (SSSR count). The van der Waals surface area contributed by atoms with Gasteiger partial charge in [-0.25, -0.2) is 13.1 Å². The van der Waals surface area contributed by atoms with E-state index in [1.54, 1.807) is 0 Å². The molecule has 1 N–H and O–H groups in total. The van der Waals surface area contributed by atoms with Crippen LogP contribution in [0.4, 0.5) is 0 Å². The van der Waals surface area contributed by atoms with Gasteiger partial charge in [-0.15, -0.1) is 0 Å². The Labute approximate surface area is 125 Å². The number of hydrogen-bond donors (Lipinski definition) is 1. The molecule has 1 aromatic rings. The molecular formula is C15H19NO4S. The molecule has 1 aliphatic rings. The maximum Gasteiger partial charge on any atom is 0.209 e. The van der Waals surface area contributed by atoms with Gasteiger partial charge in [0, 0.05) is 12.0 Å². The molecule has 21 heavy (non-hydrogen) atoms. The van der Waals surface area contributed by atoms with E-state index < -0.39 is 10.0 Å². The molecule has 1 heterocycles. The lowest BCUT2D eigenvalue weighted by Gasteiger charge is -2.17. The number of para-hydroxylation sites is 1. The van der Waals surface area contributed by atoms with E-state index in [1.165, 1.54) is 0 Å². The fourth-order valence-electron chi connectivity index (χ4n) is 2.10. The lowest BCUT2D eigenvalue weighted by molar-refractivity contribution is 0.133. The highest BCUT2D eigenvalue weighted by Crippen LogP contribution is 2.41. The highest BCUT2D eigenvalue weighted by Gasteiger charge is 2.32. The van der Waals surface area contributed by atoms with Gasteiger partial charge in [0.2, 0.25) is 10.0 Å². The van der Waals surface area contributed by atoms with Crippen molar-refractivity contribution in [1.29, 1.82) is 0 Å². The molecule has 0 atom stereocenters. The van der Waals surface area contributed by atoms with Gasteiger partial charge in [-0.2, -0.15) is 0 Å². The van der Waals surface area contributed by atoms with Crippen LogP contribution in [0.2, 0.25) is 0 Å². The second-order valence-electron chi connectivity index (χ2n) is 5.52. The van der Waals surface area contributed by atoms with Gasteiger partial charge in [0.05, 0.1) is 12.8 Å². The summed E-state index contributed by atoms with van der Waals surface area (Å²) in [7, 11) is -3.20. The van der Waals surface area contributed by atoms with E-state index in [9.17, 15) is 8.42 Å². The first-order valence-corrected chi connectivity index (χ1v) is 8.50. The van der Waals surface area contributed by atoms with Gasteiger partial charge in [-0.3, -0.25) is 0 Å². The lowest BCUT2D eigenvalue weighted by Crippen LogP contribution is -2.24. The third kappa shape index (κ3) is 4.66. The van der Waals surface area contributed by atoms with Crippen LogP contribution in [-0.4, -0.2) is 33.4 Å². The van der Waals surface area contributed by atoms with Crippen LogP contribution in [0.25, 0.3) is 0 Å². The molecule has 0 saturated heterocycles. The van der Waals surface area contributed by atoms with Crippen molar-refractivity contribution in [2.24, 2.45) is 0 Å². The second kappa shape index (κ2) is 5.96. The Kier molecular flexibility index (Phi) is 4.45. The topological polar surface area (TPSA) is 64.6 Å². The summed E-state index contributed by atoms with van der Waals surface area (Å²) in [6.07, 6.45) is 1.95. The number of fused-ring (bicyclic) bond motifs is 1. The zero-order valence-corrected chi connectivity index (χ0v) is 13.2. The molecule has 0 amide bonds. The Bertz CT molecular complexity index is 683. The van der Waals surface area contributed by atoms with E-state index in [2.05, 4.69) is 16.6 Å². The number of sulfonamides is 1. The van der Waals surface area contributed by atoms with Gasteiger partial charge in [0.25, 0.3) is 0 Å². The van der Waals surface area contributed by atoms with Crippen LogP contribution in [0.1, 0.15) is 19.4 Å². The van der Waals surface area contributed by atoms with Crippen molar-refractivity contribution in [2.45, 2.75) is 25.9 Å². The Morgan fingerprint density at radius 2 is 2.14 bits per heavy atom. The molecule has 1 aromatic carbocycles. The monoisotopic (exact) mass is 309 g/mol. The molecule has 0 aliphatic carbocycles. The zero-order chi connectivity index (χ0) is 15.5. The summed E-state index contributed by atoms with van der Waals surface area (Å²) in [5, 5.41) is 0. The third-order valence-electron chi connectivity index (χ3n) is 2.90. The van der Waals surface area contributed by atoms with Crippen LogP contribution in [-0.2, 0) is 16.4 Å². The number of hydrogen-bond acceptors (Lipinski definition) is 4. The molecule has 5 nitrogen and oxygen atoms in total. The van der Waals surface area contributed by atoms with Gasteiger partial charge in [-0.05, 0) is 19.9 Å². The average Bonchev–Trinajstić information content (AvgIpc) is 2.67. The van der Waals surface area contributed by atoms with Crippen molar-refractivity contribution in [3.05, 3.63) is 23.8 Å². The first-order valence-electron chi connectivity index (χ1n) is 6.61. The van der Waals surface area contributed by atoms with E-state index in [0.29, 0.717) is 5.75 Å². The summed E-state index contributed by atoms with van der Waals surface area (Å²) >= 11 is 0. The Balaban J connectivity index is 1.92. The third-order valence-corrected chi connectivity index (χ3v) is 3.57. The Hall–Kier alpha value is -1.71. The molecular weight excluding hydrogens is 290 g/mol. The maximum atomic E-state index is 10.8. The van der Waals surface area contributed by atoms with Crippen LogP contribution in [0, 0.1) is 11.8 Å². The van der Waals surface area contributed by atoms with E-state index in [4.69, 9.17) is 9.47 Å². The first kappa shape index (κ1) is 15.7. The fourth-order valence-corrected chi connectivity index (χ4v) is 2.43. The standard InChI is InChI=1S/C15H19NO4S/c1-15(2)11-12-7-6-8-13(14(12)20-15)19-10-5-4-9-16-21(3,17)18/h6-8,16H,9-11H2,1-3H3. The normalized spacial score (nSPS) is 15.6. The summed E-state index contributed by atoms with van der Waals surface area (Å²) in [5.41, 5.74) is 0.913. The van der Waals surface area contributed by atoms with Crippen molar-refractivity contribution in [2.75, 3.05) is 19.4 Å². The Morgan fingerprint density at radius 1 is 1.38 bits per heavy atom. The molecule has 114 valence electrons. The number of rotatable bonds is 4. The molecule has 6 heteroatoms. The SMILES string of the molecule is CC1(C)Cc2cccc(OCC#CCNS(C)(=O)=O)c2O1. The molecule has 0 aromatic heterocycles. The minimum absolute atomic E-state index is 0.0820. The summed E-state index contributed by atoms with van der Waals surface area (Å²) < 4.78 is 35.5. The molecule has 0 bridgehead atoms. The van der Waals surface area contributed by atoms with E-state index in [1.807, 2.05) is 32.0 Å². The van der Waals surface area contributed by atoms with Crippen molar-refractivity contribution < 1.29 is 17.9 Å². The van der Waals surface area contributed by atoms with Crippen molar-refractivity contribution in [3.63, 3.8) is 0 Å². The van der Waals surface area contributed by atoms with Crippen LogP contribution in [0.15, 0.2) is 18.2 Å². The summed E-state index contributed by atoms with van der Waals surface area (Å²) in [6, 6.07) is 5.80. The summed E-state index contributed by atoms with van der Waals surface area (Å²) in [5.74, 6) is 6.90. The molecule has 0 saturated carbocycles. The molecule has 0 radical (unpaired) electrons. The van der Waals surface area contributed by atoms with Gasteiger partial charge < -0.3 is 9.47 Å². The maximum absolute atomic E-state index is 10.8. The van der Waals surface area contributed by atoms with Crippen LogP contribution in [0.3, 0.4) is 0 Å². The number of benzene rings is 1. The first-order chi connectivity index (χ1) is 9.77.